The van der Waals surface area contributed by atoms with Crippen LogP contribution in [0.3, 0.4) is 0 Å². The Morgan fingerprint density at radius 3 is 1.79 bits per heavy atom. The van der Waals surface area contributed by atoms with Gasteiger partial charge >= 0.3 is 0 Å². The first-order chi connectivity index (χ1) is 16.4. The fourth-order valence-electron chi connectivity index (χ4n) is 3.52. The molecule has 0 radical (unpaired) electrons. The lowest BCUT2D eigenvalue weighted by atomic mass is 10.0. The van der Waals surface area contributed by atoms with Gasteiger partial charge in [0.1, 0.15) is 12.4 Å². The highest BCUT2D eigenvalue weighted by atomic mass is 19.2. The molecule has 0 unspecified atom stereocenters. The molecule has 0 saturated carbocycles. The molecular weight excluding hydrogens is 448 g/mol. The van der Waals surface area contributed by atoms with Crippen LogP contribution in [-0.4, -0.2) is 12.2 Å². The average Bonchev–Trinajstić information content (AvgIpc) is 2.87. The summed E-state index contributed by atoms with van der Waals surface area (Å²) in [5.74, 6) is -3.96. The van der Waals surface area contributed by atoms with Gasteiger partial charge in [-0.15, -0.1) is 0 Å². The second-order valence-corrected chi connectivity index (χ2v) is 7.51. The van der Waals surface area contributed by atoms with Crippen LogP contribution in [0.4, 0.5) is 17.6 Å². The summed E-state index contributed by atoms with van der Waals surface area (Å²) in [6.07, 6.45) is 0. The normalized spacial score (nSPS) is 10.9. The van der Waals surface area contributed by atoms with E-state index in [9.17, 15) is 17.6 Å². The minimum atomic E-state index is -1.08. The van der Waals surface area contributed by atoms with E-state index in [4.69, 9.17) is 14.6 Å². The van der Waals surface area contributed by atoms with E-state index in [2.05, 4.69) is 0 Å². The van der Waals surface area contributed by atoms with Crippen LogP contribution in [0.2, 0.25) is 0 Å². The fraction of sp³-hybridized carbons (Fsp3) is 0.111. The van der Waals surface area contributed by atoms with Gasteiger partial charge in [0.2, 0.25) is 5.82 Å². The molecule has 34 heavy (non-hydrogen) atoms. The number of aliphatic hydroxyl groups excluding tert-OH is 1. The second kappa shape index (κ2) is 9.97. The van der Waals surface area contributed by atoms with E-state index in [0.29, 0.717) is 22.4 Å². The van der Waals surface area contributed by atoms with E-state index >= 15 is 0 Å². The number of rotatable bonds is 7. The first kappa shape index (κ1) is 23.3. The Hall–Kier alpha value is -3.84. The summed E-state index contributed by atoms with van der Waals surface area (Å²) in [6, 6.07) is 18.3. The highest BCUT2D eigenvalue weighted by molar-refractivity contribution is 5.66. The summed E-state index contributed by atoms with van der Waals surface area (Å²) >= 11 is 0. The van der Waals surface area contributed by atoms with Gasteiger partial charge in [0.15, 0.2) is 23.2 Å². The summed E-state index contributed by atoms with van der Waals surface area (Å²) in [5, 5.41) is 9.12. The van der Waals surface area contributed by atoms with Crippen LogP contribution in [0.25, 0.3) is 22.3 Å². The molecule has 3 nitrogen and oxygen atoms in total. The van der Waals surface area contributed by atoms with Crippen molar-refractivity contribution in [1.82, 2.24) is 0 Å². The third-order valence-electron chi connectivity index (χ3n) is 5.44. The molecule has 0 aliphatic heterocycles. The average molecular weight is 468 g/mol. The van der Waals surface area contributed by atoms with Crippen molar-refractivity contribution in [3.05, 3.63) is 107 Å². The third-order valence-corrected chi connectivity index (χ3v) is 5.44. The van der Waals surface area contributed by atoms with Gasteiger partial charge in [-0.05, 0) is 41.0 Å². The predicted molar refractivity (Wildman–Crippen MR) is 120 cm³/mol. The van der Waals surface area contributed by atoms with Crippen molar-refractivity contribution in [2.45, 2.75) is 13.2 Å². The maximum absolute atomic E-state index is 14.7. The largest absolute Gasteiger partial charge is 0.494 e. The highest BCUT2D eigenvalue weighted by Crippen LogP contribution is 2.31. The Morgan fingerprint density at radius 2 is 1.21 bits per heavy atom. The molecule has 0 saturated heterocycles. The molecule has 4 aromatic rings. The maximum Gasteiger partial charge on any atom is 0.201 e. The molecule has 0 aromatic heterocycles. The number of methoxy groups -OCH3 is 1. The Morgan fingerprint density at radius 1 is 0.647 bits per heavy atom. The zero-order valence-electron chi connectivity index (χ0n) is 18.1. The van der Waals surface area contributed by atoms with Crippen molar-refractivity contribution in [2.75, 3.05) is 7.11 Å². The van der Waals surface area contributed by atoms with E-state index in [0.717, 1.165) is 0 Å². The van der Waals surface area contributed by atoms with Crippen molar-refractivity contribution in [3.63, 3.8) is 0 Å². The van der Waals surface area contributed by atoms with Crippen LogP contribution in [0.5, 0.6) is 11.5 Å². The molecule has 0 fully saturated rings. The van der Waals surface area contributed by atoms with Crippen molar-refractivity contribution in [3.8, 4) is 33.8 Å². The summed E-state index contributed by atoms with van der Waals surface area (Å²) in [7, 11) is 1.25. The van der Waals surface area contributed by atoms with E-state index in [1.807, 2.05) is 0 Å². The number of hydrogen-bond acceptors (Lipinski definition) is 3. The lowest BCUT2D eigenvalue weighted by Crippen LogP contribution is -2.02. The van der Waals surface area contributed by atoms with Crippen molar-refractivity contribution >= 4 is 0 Å². The lowest BCUT2D eigenvalue weighted by molar-refractivity contribution is 0.282. The molecule has 1 N–H and O–H groups in total. The predicted octanol–water partition coefficient (Wildman–Crippen LogP) is 6.66. The van der Waals surface area contributed by atoms with Crippen molar-refractivity contribution in [1.29, 1.82) is 0 Å². The molecule has 0 atom stereocenters. The minimum absolute atomic E-state index is 0.0283. The highest BCUT2D eigenvalue weighted by Gasteiger charge is 2.17. The zero-order valence-corrected chi connectivity index (χ0v) is 18.1. The van der Waals surface area contributed by atoms with Gasteiger partial charge in [0.25, 0.3) is 0 Å². The molecule has 4 aromatic carbocycles. The molecule has 0 spiro atoms. The lowest BCUT2D eigenvalue weighted by Gasteiger charge is -2.12. The van der Waals surface area contributed by atoms with Gasteiger partial charge in [-0.1, -0.05) is 48.5 Å². The number of hydrogen-bond donors (Lipinski definition) is 1. The maximum atomic E-state index is 14.7. The van der Waals surface area contributed by atoms with Crippen LogP contribution in [-0.2, 0) is 13.2 Å². The summed E-state index contributed by atoms with van der Waals surface area (Å²) in [5.41, 5.74) is 1.75. The zero-order chi connectivity index (χ0) is 24.2. The van der Waals surface area contributed by atoms with Crippen LogP contribution in [0.1, 0.15) is 11.1 Å². The molecule has 0 aliphatic carbocycles. The second-order valence-electron chi connectivity index (χ2n) is 7.51. The summed E-state index contributed by atoms with van der Waals surface area (Å²) in [6.45, 7) is -0.363. The Kier molecular flexibility index (Phi) is 6.84. The van der Waals surface area contributed by atoms with Gasteiger partial charge in [-0.2, -0.15) is 4.39 Å². The standard InChI is InChI=1S/C27H20F4O3/c1-33-23-13-12-22(26(30)27(23)31)18-6-9-20(10-7-18)34-15-19-8-11-21(25(29)24(19)28)17-4-2-16(14-32)3-5-17/h2-13,32H,14-15H2,1H3. The van der Waals surface area contributed by atoms with Gasteiger partial charge in [-0.25, -0.2) is 13.2 Å². The smallest absolute Gasteiger partial charge is 0.201 e. The van der Waals surface area contributed by atoms with Gasteiger partial charge in [-0.3, -0.25) is 0 Å². The van der Waals surface area contributed by atoms with Crippen LogP contribution < -0.4 is 9.47 Å². The molecule has 0 bridgehead atoms. The topological polar surface area (TPSA) is 38.7 Å². The number of benzene rings is 4. The van der Waals surface area contributed by atoms with Crippen LogP contribution >= 0.6 is 0 Å². The van der Waals surface area contributed by atoms with E-state index in [1.54, 1.807) is 24.3 Å². The molecule has 0 aliphatic rings. The first-order valence-corrected chi connectivity index (χ1v) is 10.3. The first-order valence-electron chi connectivity index (χ1n) is 10.3. The van der Waals surface area contributed by atoms with Gasteiger partial charge in [0, 0.05) is 16.7 Å². The SMILES string of the molecule is COc1ccc(-c2ccc(OCc3ccc(-c4ccc(CO)cc4)c(F)c3F)cc2)c(F)c1F. The third kappa shape index (κ3) is 4.61. The van der Waals surface area contributed by atoms with Crippen LogP contribution in [0, 0.1) is 23.3 Å². The number of aliphatic hydroxyl groups is 1. The monoisotopic (exact) mass is 468 g/mol. The summed E-state index contributed by atoms with van der Waals surface area (Å²) < 4.78 is 67.9. The van der Waals surface area contributed by atoms with Gasteiger partial charge in [0.05, 0.1) is 13.7 Å². The van der Waals surface area contributed by atoms with Crippen molar-refractivity contribution < 1.29 is 32.1 Å². The molecule has 0 heterocycles. The Labute approximate surface area is 193 Å². The van der Waals surface area contributed by atoms with Crippen molar-refractivity contribution in [2.24, 2.45) is 0 Å². The number of halogens is 4. The molecule has 7 heteroatoms. The molecular formula is C27H20F4O3. The van der Waals surface area contributed by atoms with Crippen LogP contribution in [0.15, 0.2) is 72.8 Å². The summed E-state index contributed by atoms with van der Waals surface area (Å²) in [4.78, 5) is 0. The van der Waals surface area contributed by atoms with Gasteiger partial charge < -0.3 is 14.6 Å². The quantitative estimate of drug-likeness (QED) is 0.309. The Balaban J connectivity index is 1.48. The fourth-order valence-corrected chi connectivity index (χ4v) is 3.52. The minimum Gasteiger partial charge on any atom is -0.494 e. The molecule has 4 rings (SSSR count). The Bertz CT molecular complexity index is 1300. The van der Waals surface area contributed by atoms with E-state index in [1.165, 1.54) is 55.6 Å². The van der Waals surface area contributed by atoms with E-state index < -0.39 is 23.3 Å². The number of ether oxygens (including phenoxy) is 2. The molecule has 174 valence electrons. The molecule has 0 amide bonds. The van der Waals surface area contributed by atoms with E-state index in [-0.39, 0.29) is 35.7 Å².